The van der Waals surface area contributed by atoms with Gasteiger partial charge in [0, 0.05) is 18.7 Å². The van der Waals surface area contributed by atoms with Crippen LogP contribution in [0.2, 0.25) is 0 Å². The molecular weight excluding hydrogens is 232 g/mol. The van der Waals surface area contributed by atoms with Crippen molar-refractivity contribution in [3.8, 4) is 11.4 Å². The molecule has 0 aliphatic heterocycles. The monoisotopic (exact) mass is 246 g/mol. The summed E-state index contributed by atoms with van der Waals surface area (Å²) >= 11 is 0. The highest BCUT2D eigenvalue weighted by atomic mass is 16.5. The minimum Gasteiger partial charge on any atom is -0.347 e. The third-order valence-electron chi connectivity index (χ3n) is 2.44. The number of carbonyl (C=O) groups is 1. The first-order valence-electron chi connectivity index (χ1n) is 5.60. The average Bonchev–Trinajstić information content (AvgIpc) is 2.86. The van der Waals surface area contributed by atoms with E-state index in [4.69, 9.17) is 10.3 Å². The summed E-state index contributed by atoms with van der Waals surface area (Å²) in [7, 11) is 0. The maximum atomic E-state index is 11.6. The number of nitrogens with zero attached hydrogens (tertiary/aromatic N) is 2. The smallest absolute Gasteiger partial charge is 0.316 e. The Morgan fingerprint density at radius 2 is 2.22 bits per heavy atom. The lowest BCUT2D eigenvalue weighted by Gasteiger charge is -1.98. The van der Waals surface area contributed by atoms with E-state index in [-0.39, 0.29) is 5.89 Å². The van der Waals surface area contributed by atoms with Crippen molar-refractivity contribution in [3.05, 3.63) is 35.7 Å². The predicted molar refractivity (Wildman–Crippen MR) is 65.9 cm³/mol. The molecule has 0 bridgehead atoms. The summed E-state index contributed by atoms with van der Waals surface area (Å²) in [5.74, 6) is -0.0551. The van der Waals surface area contributed by atoms with Crippen molar-refractivity contribution in [1.82, 2.24) is 15.5 Å². The van der Waals surface area contributed by atoms with Crippen LogP contribution in [-0.2, 0) is 0 Å². The normalized spacial score (nSPS) is 10.3. The average molecular weight is 246 g/mol. The molecule has 18 heavy (non-hydrogen) atoms. The third kappa shape index (κ3) is 2.54. The van der Waals surface area contributed by atoms with Gasteiger partial charge in [-0.15, -0.1) is 0 Å². The Balaban J connectivity index is 2.21. The summed E-state index contributed by atoms with van der Waals surface area (Å²) in [4.78, 5) is 15.6. The van der Waals surface area contributed by atoms with Gasteiger partial charge in [-0.25, -0.2) is 0 Å². The molecular formula is C12H14N4O2. The summed E-state index contributed by atoms with van der Waals surface area (Å²) < 4.78 is 4.92. The van der Waals surface area contributed by atoms with E-state index in [0.29, 0.717) is 18.9 Å². The number of aromatic nitrogens is 2. The summed E-state index contributed by atoms with van der Waals surface area (Å²) in [6, 6.07) is 7.63. The van der Waals surface area contributed by atoms with Crippen LogP contribution >= 0.6 is 0 Å². The Labute approximate surface area is 104 Å². The van der Waals surface area contributed by atoms with Crippen LogP contribution in [0.5, 0.6) is 0 Å². The van der Waals surface area contributed by atoms with Gasteiger partial charge in [0.15, 0.2) is 0 Å². The molecule has 2 rings (SSSR count). The molecule has 2 aromatic rings. The molecule has 0 saturated carbocycles. The minimum absolute atomic E-state index is 0.0540. The standard InChI is InChI=1S/C12H14N4O2/c1-8-4-2-3-5-9(8)10-15-12(18-16-10)11(17)14-7-6-13/h2-5H,6-7,13H2,1H3,(H,14,17). The fourth-order valence-corrected chi connectivity index (χ4v) is 1.51. The number of benzene rings is 1. The molecule has 0 radical (unpaired) electrons. The van der Waals surface area contributed by atoms with E-state index in [2.05, 4.69) is 15.5 Å². The molecule has 3 N–H and O–H groups in total. The summed E-state index contributed by atoms with van der Waals surface area (Å²) in [5, 5.41) is 6.37. The van der Waals surface area contributed by atoms with Crippen LogP contribution in [0.25, 0.3) is 11.4 Å². The lowest BCUT2D eigenvalue weighted by Crippen LogP contribution is -2.29. The van der Waals surface area contributed by atoms with Crippen LogP contribution in [0, 0.1) is 6.92 Å². The molecule has 0 aliphatic rings. The van der Waals surface area contributed by atoms with Gasteiger partial charge in [-0.05, 0) is 12.5 Å². The first-order valence-corrected chi connectivity index (χ1v) is 5.60. The lowest BCUT2D eigenvalue weighted by molar-refractivity contribution is 0.0911. The lowest BCUT2D eigenvalue weighted by atomic mass is 10.1. The number of nitrogens with two attached hydrogens (primary N) is 1. The van der Waals surface area contributed by atoms with Gasteiger partial charge in [0.1, 0.15) is 0 Å². The van der Waals surface area contributed by atoms with Gasteiger partial charge in [-0.1, -0.05) is 29.4 Å². The molecule has 0 unspecified atom stereocenters. The number of amides is 1. The van der Waals surface area contributed by atoms with E-state index in [1.54, 1.807) is 0 Å². The zero-order valence-corrected chi connectivity index (χ0v) is 10.0. The summed E-state index contributed by atoms with van der Waals surface area (Å²) in [5.41, 5.74) is 7.16. The van der Waals surface area contributed by atoms with Crippen LogP contribution < -0.4 is 11.1 Å². The first-order chi connectivity index (χ1) is 8.72. The van der Waals surface area contributed by atoms with E-state index >= 15 is 0 Å². The minimum atomic E-state index is -0.409. The molecule has 1 aromatic heterocycles. The number of carbonyl (C=O) groups excluding carboxylic acids is 1. The van der Waals surface area contributed by atoms with Gasteiger partial charge in [-0.3, -0.25) is 4.79 Å². The predicted octanol–water partition coefficient (Wildman–Crippen LogP) is 0.734. The highest BCUT2D eigenvalue weighted by Gasteiger charge is 2.16. The Morgan fingerprint density at radius 3 is 2.94 bits per heavy atom. The first kappa shape index (κ1) is 12.3. The molecule has 1 heterocycles. The van der Waals surface area contributed by atoms with Gasteiger partial charge in [0.25, 0.3) is 0 Å². The zero-order chi connectivity index (χ0) is 13.0. The van der Waals surface area contributed by atoms with Crippen LogP contribution in [0.3, 0.4) is 0 Å². The second kappa shape index (κ2) is 5.42. The molecule has 94 valence electrons. The Morgan fingerprint density at radius 1 is 1.44 bits per heavy atom. The van der Waals surface area contributed by atoms with Crippen LogP contribution in [0.4, 0.5) is 0 Å². The third-order valence-corrected chi connectivity index (χ3v) is 2.44. The van der Waals surface area contributed by atoms with Crippen LogP contribution in [0.1, 0.15) is 16.2 Å². The molecule has 0 atom stereocenters. The van der Waals surface area contributed by atoms with Crippen LogP contribution in [-0.4, -0.2) is 29.1 Å². The van der Waals surface area contributed by atoms with Gasteiger partial charge in [0.05, 0.1) is 0 Å². The van der Waals surface area contributed by atoms with Gasteiger partial charge < -0.3 is 15.6 Å². The number of aryl methyl sites for hydroxylation is 1. The Kier molecular flexibility index (Phi) is 3.69. The highest BCUT2D eigenvalue weighted by molar-refractivity contribution is 5.89. The Hall–Kier alpha value is -2.21. The van der Waals surface area contributed by atoms with E-state index in [1.165, 1.54) is 0 Å². The van der Waals surface area contributed by atoms with Crippen molar-refractivity contribution in [3.63, 3.8) is 0 Å². The second-order valence-electron chi connectivity index (χ2n) is 3.78. The van der Waals surface area contributed by atoms with Crippen LogP contribution in [0.15, 0.2) is 28.8 Å². The quantitative estimate of drug-likeness (QED) is 0.829. The number of hydrogen-bond acceptors (Lipinski definition) is 5. The largest absolute Gasteiger partial charge is 0.347 e. The SMILES string of the molecule is Cc1ccccc1-c1noc(C(=O)NCCN)n1. The number of hydrogen-bond donors (Lipinski definition) is 2. The highest BCUT2D eigenvalue weighted by Crippen LogP contribution is 2.19. The van der Waals surface area contributed by atoms with Gasteiger partial charge >= 0.3 is 11.8 Å². The van der Waals surface area contributed by atoms with Gasteiger partial charge in [0.2, 0.25) is 5.82 Å². The number of rotatable bonds is 4. The zero-order valence-electron chi connectivity index (χ0n) is 10.0. The maximum Gasteiger partial charge on any atom is 0.316 e. The van der Waals surface area contributed by atoms with Gasteiger partial charge in [-0.2, -0.15) is 4.98 Å². The fourth-order valence-electron chi connectivity index (χ4n) is 1.51. The molecule has 0 aliphatic carbocycles. The second-order valence-corrected chi connectivity index (χ2v) is 3.78. The van der Waals surface area contributed by atoms with Crippen molar-refractivity contribution >= 4 is 5.91 Å². The fraction of sp³-hybridized carbons (Fsp3) is 0.250. The van der Waals surface area contributed by atoms with E-state index < -0.39 is 5.91 Å². The molecule has 6 nitrogen and oxygen atoms in total. The summed E-state index contributed by atoms with van der Waals surface area (Å²) in [6.45, 7) is 2.69. The number of nitrogens with one attached hydrogen (secondary N) is 1. The van der Waals surface area contributed by atoms with E-state index in [9.17, 15) is 4.79 Å². The molecule has 0 saturated heterocycles. The van der Waals surface area contributed by atoms with Crippen molar-refractivity contribution in [2.75, 3.05) is 13.1 Å². The topological polar surface area (TPSA) is 94.0 Å². The Bertz CT molecular complexity index is 551. The molecule has 0 spiro atoms. The molecule has 1 aromatic carbocycles. The summed E-state index contributed by atoms with van der Waals surface area (Å²) in [6.07, 6.45) is 0. The van der Waals surface area contributed by atoms with E-state index in [0.717, 1.165) is 11.1 Å². The van der Waals surface area contributed by atoms with Crippen molar-refractivity contribution in [2.24, 2.45) is 5.73 Å². The maximum absolute atomic E-state index is 11.6. The van der Waals surface area contributed by atoms with Crippen molar-refractivity contribution in [1.29, 1.82) is 0 Å². The molecule has 0 fully saturated rings. The molecule has 6 heteroatoms. The van der Waals surface area contributed by atoms with E-state index in [1.807, 2.05) is 31.2 Å². The molecule has 1 amide bonds. The van der Waals surface area contributed by atoms with Crippen molar-refractivity contribution in [2.45, 2.75) is 6.92 Å². The van der Waals surface area contributed by atoms with Crippen molar-refractivity contribution < 1.29 is 9.32 Å².